The summed E-state index contributed by atoms with van der Waals surface area (Å²) in [5.74, 6) is 0. The van der Waals surface area contributed by atoms with Gasteiger partial charge in [0.05, 0.1) is 5.52 Å². The van der Waals surface area contributed by atoms with Gasteiger partial charge in [-0.1, -0.05) is 0 Å². The van der Waals surface area contributed by atoms with Gasteiger partial charge in [0, 0.05) is 12.5 Å². The highest BCUT2D eigenvalue weighted by Gasteiger charge is 2.12. The third kappa shape index (κ3) is 1.31. The summed E-state index contributed by atoms with van der Waals surface area (Å²) in [7, 11) is -3.48. The fourth-order valence-corrected chi connectivity index (χ4v) is 1.65. The Morgan fingerprint density at radius 1 is 1.43 bits per heavy atom. The summed E-state index contributed by atoms with van der Waals surface area (Å²) in [4.78, 5) is 20.0. The number of aromatic amines is 2. The number of nitrogens with zero attached hydrogens (tertiary/aromatic N) is 1. The third-order valence-electron chi connectivity index (χ3n) is 1.75. The Hall–Kier alpha value is -1.63. The Bertz CT molecular complexity index is 637. The maximum absolute atomic E-state index is 11.3. The molecule has 0 aromatic carbocycles. The molecule has 0 amide bonds. The quantitative estimate of drug-likeness (QED) is 0.633. The summed E-state index contributed by atoms with van der Waals surface area (Å²) in [6.07, 6.45) is 2.52. The Morgan fingerprint density at radius 2 is 2.14 bits per heavy atom. The van der Waals surface area contributed by atoms with E-state index in [2.05, 4.69) is 15.0 Å². The van der Waals surface area contributed by atoms with E-state index in [1.165, 1.54) is 6.20 Å². The Balaban J connectivity index is 2.91. The molecule has 2 rings (SSSR count). The van der Waals surface area contributed by atoms with Crippen LogP contribution in [0.3, 0.4) is 0 Å². The van der Waals surface area contributed by atoms with E-state index in [4.69, 9.17) is 0 Å². The summed E-state index contributed by atoms with van der Waals surface area (Å²) in [5, 5.41) is -0.311. The van der Waals surface area contributed by atoms with Crippen LogP contribution in [-0.4, -0.2) is 29.6 Å². The first-order valence-corrected chi connectivity index (χ1v) is 5.65. The number of fused-ring (bicyclic) bond motifs is 1. The molecule has 0 saturated heterocycles. The van der Waals surface area contributed by atoms with Crippen molar-refractivity contribution in [2.24, 2.45) is 0 Å². The van der Waals surface area contributed by atoms with Crippen molar-refractivity contribution in [3.05, 3.63) is 22.6 Å². The number of H-pyrrole nitrogens is 2. The normalized spacial score (nSPS) is 12.1. The van der Waals surface area contributed by atoms with E-state index >= 15 is 0 Å². The lowest BCUT2D eigenvalue weighted by Crippen LogP contribution is -2.14. The molecule has 14 heavy (non-hydrogen) atoms. The highest BCUT2D eigenvalue weighted by atomic mass is 32.2. The minimum Gasteiger partial charge on any atom is -0.355 e. The smallest absolute Gasteiger partial charge is 0.276 e. The molecule has 7 heteroatoms. The molecule has 0 radical (unpaired) electrons. The molecule has 0 aliphatic heterocycles. The molecule has 0 aliphatic rings. The van der Waals surface area contributed by atoms with E-state index in [9.17, 15) is 13.2 Å². The molecule has 2 heterocycles. The highest BCUT2D eigenvalue weighted by molar-refractivity contribution is 7.90. The lowest BCUT2D eigenvalue weighted by molar-refractivity contribution is 0.593. The predicted octanol–water partition coefficient (Wildman–Crippen LogP) is -0.345. The zero-order chi connectivity index (χ0) is 10.3. The lowest BCUT2D eigenvalue weighted by atomic mass is 10.5. The number of hydrogen-bond donors (Lipinski definition) is 2. The van der Waals surface area contributed by atoms with Gasteiger partial charge >= 0.3 is 0 Å². The molecule has 0 saturated carbocycles. The minimum absolute atomic E-state index is 0.275. The van der Waals surface area contributed by atoms with Gasteiger partial charge in [-0.2, -0.15) is 0 Å². The van der Waals surface area contributed by atoms with Gasteiger partial charge < -0.3 is 4.98 Å². The maximum Gasteiger partial charge on any atom is 0.276 e. The molecule has 2 aromatic rings. The number of nitrogens with one attached hydrogen (secondary N) is 2. The second kappa shape index (κ2) is 2.68. The fourth-order valence-electron chi connectivity index (χ4n) is 1.11. The Morgan fingerprint density at radius 3 is 2.79 bits per heavy atom. The van der Waals surface area contributed by atoms with Gasteiger partial charge in [-0.15, -0.1) is 0 Å². The zero-order valence-corrected chi connectivity index (χ0v) is 8.05. The molecule has 6 nitrogen and oxygen atoms in total. The van der Waals surface area contributed by atoms with Crippen molar-refractivity contribution in [3.8, 4) is 0 Å². The summed E-state index contributed by atoms with van der Waals surface area (Å²) in [5.41, 5.74) is 0.131. The summed E-state index contributed by atoms with van der Waals surface area (Å²) in [6.45, 7) is 0. The van der Waals surface area contributed by atoms with Crippen molar-refractivity contribution in [1.29, 1.82) is 0 Å². The van der Waals surface area contributed by atoms with Crippen LogP contribution in [0.4, 0.5) is 0 Å². The number of rotatable bonds is 1. The molecule has 0 atom stereocenters. The Labute approximate surface area is 78.9 Å². The van der Waals surface area contributed by atoms with Gasteiger partial charge in [-0.05, 0) is 6.07 Å². The van der Waals surface area contributed by atoms with E-state index in [0.29, 0.717) is 5.52 Å². The lowest BCUT2D eigenvalue weighted by Gasteiger charge is -1.96. The molecule has 0 spiro atoms. The van der Waals surface area contributed by atoms with Crippen molar-refractivity contribution in [3.63, 3.8) is 0 Å². The van der Waals surface area contributed by atoms with Crippen LogP contribution in [0.15, 0.2) is 22.2 Å². The van der Waals surface area contributed by atoms with Crippen molar-refractivity contribution < 1.29 is 8.42 Å². The average Bonchev–Trinajstić information content (AvgIpc) is 2.50. The first kappa shape index (κ1) is 8.95. The first-order valence-electron chi connectivity index (χ1n) is 3.76. The van der Waals surface area contributed by atoms with E-state index < -0.39 is 15.4 Å². The van der Waals surface area contributed by atoms with E-state index in [-0.39, 0.29) is 10.7 Å². The van der Waals surface area contributed by atoms with Crippen molar-refractivity contribution >= 4 is 20.9 Å². The number of sulfone groups is 1. The monoisotopic (exact) mass is 213 g/mol. The van der Waals surface area contributed by atoms with Crippen molar-refractivity contribution in [1.82, 2.24) is 15.0 Å². The fraction of sp³-hybridized carbons (Fsp3) is 0.143. The topological polar surface area (TPSA) is 95.7 Å². The van der Waals surface area contributed by atoms with E-state index in [0.717, 1.165) is 6.26 Å². The van der Waals surface area contributed by atoms with Gasteiger partial charge in [0.25, 0.3) is 5.56 Å². The van der Waals surface area contributed by atoms with Crippen molar-refractivity contribution in [2.75, 3.05) is 6.26 Å². The first-order chi connectivity index (χ1) is 6.48. The molecule has 0 bridgehead atoms. The molecule has 0 aliphatic carbocycles. The van der Waals surface area contributed by atoms with Crippen LogP contribution in [0.1, 0.15) is 0 Å². The van der Waals surface area contributed by atoms with Crippen LogP contribution in [0.2, 0.25) is 0 Å². The average molecular weight is 213 g/mol. The maximum atomic E-state index is 11.3. The van der Waals surface area contributed by atoms with Crippen LogP contribution < -0.4 is 5.56 Å². The van der Waals surface area contributed by atoms with Gasteiger partial charge in [0.1, 0.15) is 5.52 Å². The van der Waals surface area contributed by atoms with E-state index in [1.807, 2.05) is 0 Å². The SMILES string of the molecule is CS(=O)(=O)c1nc2cc[nH]c2c(=O)[nH]1. The molecule has 0 unspecified atom stereocenters. The molecular weight excluding hydrogens is 206 g/mol. The molecule has 2 N–H and O–H groups in total. The standard InChI is InChI=1S/C7H7N3O3S/c1-14(12,13)7-9-4-2-3-8-5(4)6(11)10-7/h2-3,8H,1H3,(H,9,10,11). The summed E-state index contributed by atoms with van der Waals surface area (Å²) in [6, 6.07) is 1.54. The van der Waals surface area contributed by atoms with Gasteiger partial charge in [0.2, 0.25) is 15.0 Å². The minimum atomic E-state index is -3.48. The summed E-state index contributed by atoms with van der Waals surface area (Å²) < 4.78 is 22.2. The highest BCUT2D eigenvalue weighted by Crippen LogP contribution is 2.06. The van der Waals surface area contributed by atoms with Gasteiger partial charge in [-0.25, -0.2) is 13.4 Å². The van der Waals surface area contributed by atoms with Crippen LogP contribution in [0.25, 0.3) is 11.0 Å². The molecule has 2 aromatic heterocycles. The molecule has 74 valence electrons. The second-order valence-corrected chi connectivity index (χ2v) is 4.81. The van der Waals surface area contributed by atoms with Crippen LogP contribution in [-0.2, 0) is 9.84 Å². The third-order valence-corrected chi connectivity index (χ3v) is 2.64. The predicted molar refractivity (Wildman–Crippen MR) is 49.8 cm³/mol. The van der Waals surface area contributed by atoms with Gasteiger partial charge in [-0.3, -0.25) is 9.78 Å². The summed E-state index contributed by atoms with van der Waals surface area (Å²) >= 11 is 0. The van der Waals surface area contributed by atoms with Gasteiger partial charge in [0.15, 0.2) is 0 Å². The number of hydrogen-bond acceptors (Lipinski definition) is 4. The zero-order valence-electron chi connectivity index (χ0n) is 7.23. The second-order valence-electron chi connectivity index (χ2n) is 2.88. The largest absolute Gasteiger partial charge is 0.355 e. The molecular formula is C7H7N3O3S. The number of aromatic nitrogens is 3. The van der Waals surface area contributed by atoms with E-state index in [1.54, 1.807) is 6.07 Å². The Kier molecular flexibility index (Phi) is 1.71. The van der Waals surface area contributed by atoms with Crippen LogP contribution >= 0.6 is 0 Å². The van der Waals surface area contributed by atoms with Crippen molar-refractivity contribution in [2.45, 2.75) is 5.16 Å². The molecule has 0 fully saturated rings. The van der Waals surface area contributed by atoms with Crippen LogP contribution in [0.5, 0.6) is 0 Å². The van der Waals surface area contributed by atoms with Crippen LogP contribution in [0, 0.1) is 0 Å².